The van der Waals surface area contributed by atoms with Gasteiger partial charge in [0.1, 0.15) is 0 Å². The van der Waals surface area contributed by atoms with Crippen LogP contribution in [0.5, 0.6) is 0 Å². The zero-order valence-corrected chi connectivity index (χ0v) is 11.2. The first-order chi connectivity index (χ1) is 9.22. The second-order valence-corrected chi connectivity index (χ2v) is 6.09. The highest BCUT2D eigenvalue weighted by molar-refractivity contribution is 5.82. The van der Waals surface area contributed by atoms with Gasteiger partial charge in [-0.1, -0.05) is 36.8 Å². The van der Waals surface area contributed by atoms with E-state index in [0.717, 1.165) is 17.9 Å². The van der Waals surface area contributed by atoms with Gasteiger partial charge >= 0.3 is 0 Å². The van der Waals surface area contributed by atoms with Gasteiger partial charge in [-0.2, -0.15) is 0 Å². The minimum atomic E-state index is -0.429. The van der Waals surface area contributed by atoms with E-state index in [-0.39, 0.29) is 5.91 Å². The van der Waals surface area contributed by atoms with Crippen LogP contribution in [-0.4, -0.2) is 18.0 Å². The largest absolute Gasteiger partial charge is 0.352 e. The number of carbonyl (C=O) groups is 1. The maximum Gasteiger partial charge on any atom is 0.237 e. The maximum atomic E-state index is 12.1. The number of rotatable bonds is 4. The predicted molar refractivity (Wildman–Crippen MR) is 75.5 cm³/mol. The minimum Gasteiger partial charge on any atom is -0.352 e. The van der Waals surface area contributed by atoms with Gasteiger partial charge in [0.15, 0.2) is 0 Å². The highest BCUT2D eigenvalue weighted by atomic mass is 16.2. The zero-order chi connectivity index (χ0) is 13.2. The number of amides is 1. The molecule has 3 N–H and O–H groups in total. The van der Waals surface area contributed by atoms with E-state index in [9.17, 15) is 4.79 Å². The number of benzene rings is 1. The molecule has 0 spiro atoms. The van der Waals surface area contributed by atoms with E-state index in [1.807, 2.05) is 30.3 Å². The molecule has 1 aromatic rings. The summed E-state index contributed by atoms with van der Waals surface area (Å²) in [6.07, 6.45) is 5.72. The lowest BCUT2D eigenvalue weighted by atomic mass is 9.95. The lowest BCUT2D eigenvalue weighted by molar-refractivity contribution is -0.123. The minimum absolute atomic E-state index is 0.0152. The van der Waals surface area contributed by atoms with Gasteiger partial charge in [-0.05, 0) is 43.1 Å². The van der Waals surface area contributed by atoms with Crippen molar-refractivity contribution in [2.45, 2.75) is 44.2 Å². The van der Waals surface area contributed by atoms with E-state index in [1.165, 1.54) is 19.3 Å². The first-order valence-corrected chi connectivity index (χ1v) is 7.32. The molecule has 3 heteroatoms. The van der Waals surface area contributed by atoms with Crippen molar-refractivity contribution < 1.29 is 4.79 Å². The van der Waals surface area contributed by atoms with Gasteiger partial charge in [-0.3, -0.25) is 4.79 Å². The summed E-state index contributed by atoms with van der Waals surface area (Å²) >= 11 is 0. The molecule has 2 aliphatic carbocycles. The van der Waals surface area contributed by atoms with Crippen LogP contribution < -0.4 is 11.1 Å². The molecule has 0 heterocycles. The summed E-state index contributed by atoms with van der Waals surface area (Å²) in [5.74, 6) is 1.57. The maximum absolute atomic E-state index is 12.1. The molecule has 2 saturated carbocycles. The van der Waals surface area contributed by atoms with E-state index in [4.69, 9.17) is 5.73 Å². The van der Waals surface area contributed by atoms with Crippen molar-refractivity contribution in [1.82, 2.24) is 5.32 Å². The van der Waals surface area contributed by atoms with Crippen LogP contribution in [0.4, 0.5) is 0 Å². The summed E-state index contributed by atoms with van der Waals surface area (Å²) in [7, 11) is 0. The third-order valence-electron chi connectivity index (χ3n) is 4.70. The smallest absolute Gasteiger partial charge is 0.237 e. The molecular formula is C16H22N2O. The summed E-state index contributed by atoms with van der Waals surface area (Å²) in [4.78, 5) is 12.1. The van der Waals surface area contributed by atoms with Crippen molar-refractivity contribution >= 4 is 5.91 Å². The number of nitrogens with two attached hydrogens (primary N) is 1. The Kier molecular flexibility index (Phi) is 3.56. The number of carbonyl (C=O) groups excluding carboxylic acids is 1. The molecule has 19 heavy (non-hydrogen) atoms. The van der Waals surface area contributed by atoms with Crippen LogP contribution in [0.3, 0.4) is 0 Å². The molecule has 102 valence electrons. The molecule has 1 aromatic carbocycles. The van der Waals surface area contributed by atoms with Gasteiger partial charge in [0.05, 0.1) is 6.04 Å². The summed E-state index contributed by atoms with van der Waals surface area (Å²) in [6, 6.07) is 9.93. The SMILES string of the molecule is N[C@H](Cc1ccccc1)C(=O)NC1CC2CCC1C2. The number of hydrogen-bond donors (Lipinski definition) is 2. The lowest BCUT2D eigenvalue weighted by Crippen LogP contribution is -2.48. The molecule has 0 aromatic heterocycles. The van der Waals surface area contributed by atoms with Crippen molar-refractivity contribution in [1.29, 1.82) is 0 Å². The second-order valence-electron chi connectivity index (χ2n) is 6.09. The number of nitrogens with one attached hydrogen (secondary N) is 1. The quantitative estimate of drug-likeness (QED) is 0.866. The van der Waals surface area contributed by atoms with Gasteiger partial charge in [0, 0.05) is 6.04 Å². The van der Waals surface area contributed by atoms with E-state index < -0.39 is 6.04 Å². The summed E-state index contributed by atoms with van der Waals surface area (Å²) < 4.78 is 0. The Morgan fingerprint density at radius 2 is 2.05 bits per heavy atom. The van der Waals surface area contributed by atoms with E-state index in [1.54, 1.807) is 0 Å². The van der Waals surface area contributed by atoms with Gasteiger partial charge in [-0.15, -0.1) is 0 Å². The van der Waals surface area contributed by atoms with E-state index in [2.05, 4.69) is 5.32 Å². The molecule has 1 amide bonds. The van der Waals surface area contributed by atoms with Crippen molar-refractivity contribution in [3.63, 3.8) is 0 Å². The Labute approximate surface area is 114 Å². The Morgan fingerprint density at radius 1 is 1.26 bits per heavy atom. The van der Waals surface area contributed by atoms with Crippen LogP contribution >= 0.6 is 0 Å². The molecule has 0 radical (unpaired) electrons. The third-order valence-corrected chi connectivity index (χ3v) is 4.70. The zero-order valence-electron chi connectivity index (χ0n) is 11.2. The normalized spacial score (nSPS) is 30.3. The highest BCUT2D eigenvalue weighted by Gasteiger charge is 2.40. The van der Waals surface area contributed by atoms with Gasteiger partial charge in [-0.25, -0.2) is 0 Å². The van der Waals surface area contributed by atoms with Crippen LogP contribution in [0.2, 0.25) is 0 Å². The first kappa shape index (κ1) is 12.7. The Bertz CT molecular complexity index is 445. The Balaban J connectivity index is 1.53. The molecule has 2 bridgehead atoms. The molecule has 0 aliphatic heterocycles. The van der Waals surface area contributed by atoms with E-state index in [0.29, 0.717) is 18.4 Å². The van der Waals surface area contributed by atoms with Crippen molar-refractivity contribution in [3.05, 3.63) is 35.9 Å². The van der Waals surface area contributed by atoms with Crippen LogP contribution in [0.25, 0.3) is 0 Å². The van der Waals surface area contributed by atoms with Crippen LogP contribution in [0.15, 0.2) is 30.3 Å². The fourth-order valence-corrected chi connectivity index (χ4v) is 3.67. The summed E-state index contributed by atoms with van der Waals surface area (Å²) in [6.45, 7) is 0. The molecule has 3 nitrogen and oxygen atoms in total. The van der Waals surface area contributed by atoms with Crippen LogP contribution in [-0.2, 0) is 11.2 Å². The molecule has 2 fully saturated rings. The average molecular weight is 258 g/mol. The van der Waals surface area contributed by atoms with Gasteiger partial charge < -0.3 is 11.1 Å². The van der Waals surface area contributed by atoms with Crippen molar-refractivity contribution in [2.24, 2.45) is 17.6 Å². The summed E-state index contributed by atoms with van der Waals surface area (Å²) in [5.41, 5.74) is 7.14. The predicted octanol–water partition coefficient (Wildman–Crippen LogP) is 1.86. The standard InChI is InChI=1S/C16H22N2O/c17-14(9-11-4-2-1-3-5-11)16(19)18-15-10-12-6-7-13(15)8-12/h1-5,12-15H,6-10,17H2,(H,18,19)/t12?,13?,14-,15?/m1/s1. The number of hydrogen-bond acceptors (Lipinski definition) is 2. The summed E-state index contributed by atoms with van der Waals surface area (Å²) in [5, 5.41) is 3.17. The Morgan fingerprint density at radius 3 is 2.68 bits per heavy atom. The topological polar surface area (TPSA) is 55.1 Å². The Hall–Kier alpha value is -1.35. The highest BCUT2D eigenvalue weighted by Crippen LogP contribution is 2.44. The van der Waals surface area contributed by atoms with Crippen molar-refractivity contribution in [2.75, 3.05) is 0 Å². The average Bonchev–Trinajstić information content (AvgIpc) is 3.02. The van der Waals surface area contributed by atoms with Crippen molar-refractivity contribution in [3.8, 4) is 0 Å². The first-order valence-electron chi connectivity index (χ1n) is 7.32. The lowest BCUT2D eigenvalue weighted by Gasteiger charge is -2.24. The third kappa shape index (κ3) is 2.81. The second kappa shape index (κ2) is 5.33. The van der Waals surface area contributed by atoms with Gasteiger partial charge in [0.2, 0.25) is 5.91 Å². The fourth-order valence-electron chi connectivity index (χ4n) is 3.67. The van der Waals surface area contributed by atoms with Crippen LogP contribution in [0, 0.1) is 11.8 Å². The molecule has 3 unspecified atom stereocenters. The van der Waals surface area contributed by atoms with E-state index >= 15 is 0 Å². The number of fused-ring (bicyclic) bond motifs is 2. The molecular weight excluding hydrogens is 236 g/mol. The molecule has 4 atom stereocenters. The molecule has 0 saturated heterocycles. The fraction of sp³-hybridized carbons (Fsp3) is 0.562. The molecule has 3 rings (SSSR count). The molecule has 2 aliphatic rings. The van der Waals surface area contributed by atoms with Gasteiger partial charge in [0.25, 0.3) is 0 Å². The monoisotopic (exact) mass is 258 g/mol. The van der Waals surface area contributed by atoms with Crippen LogP contribution in [0.1, 0.15) is 31.2 Å².